The van der Waals surface area contributed by atoms with Gasteiger partial charge in [0.15, 0.2) is 0 Å². The molecule has 1 aliphatic heterocycles. The van der Waals surface area contributed by atoms with Crippen molar-refractivity contribution in [2.75, 3.05) is 43.1 Å². The van der Waals surface area contributed by atoms with E-state index in [1.165, 1.54) is 11.4 Å². The lowest BCUT2D eigenvalue weighted by Crippen LogP contribution is -2.46. The summed E-state index contributed by atoms with van der Waals surface area (Å²) in [7, 11) is 1.73. The van der Waals surface area contributed by atoms with Gasteiger partial charge in [-0.05, 0) is 36.4 Å². The number of para-hydroxylation sites is 2. The number of ether oxygens (including phenoxy) is 1. The van der Waals surface area contributed by atoms with Crippen molar-refractivity contribution < 1.29 is 4.74 Å². The second-order valence-corrected chi connectivity index (χ2v) is 6.04. The van der Waals surface area contributed by atoms with Crippen molar-refractivity contribution in [3.05, 3.63) is 53.0 Å². The molecule has 1 heterocycles. The van der Waals surface area contributed by atoms with Crippen molar-refractivity contribution >= 4 is 27.3 Å². The lowest BCUT2D eigenvalue weighted by molar-refractivity contribution is 0.413. The highest BCUT2D eigenvalue weighted by Crippen LogP contribution is 2.29. The molecule has 2 aromatic rings. The number of rotatable bonds is 3. The summed E-state index contributed by atoms with van der Waals surface area (Å²) >= 11 is 3.48. The maximum atomic E-state index is 5.46. The SMILES string of the molecule is COc1ccccc1N1CCN(c2ccc(Br)cc2)CC1. The van der Waals surface area contributed by atoms with Gasteiger partial charge < -0.3 is 14.5 Å². The first-order chi connectivity index (χ1) is 10.3. The van der Waals surface area contributed by atoms with Crippen LogP contribution in [0.1, 0.15) is 0 Å². The molecule has 0 aliphatic carbocycles. The summed E-state index contributed by atoms with van der Waals surface area (Å²) in [5, 5.41) is 0. The molecule has 110 valence electrons. The fraction of sp³-hybridized carbons (Fsp3) is 0.294. The summed E-state index contributed by atoms with van der Waals surface area (Å²) in [4.78, 5) is 4.83. The molecular weight excluding hydrogens is 328 g/mol. The number of methoxy groups -OCH3 is 1. The van der Waals surface area contributed by atoms with Crippen molar-refractivity contribution in [3.63, 3.8) is 0 Å². The molecule has 0 atom stereocenters. The highest BCUT2D eigenvalue weighted by molar-refractivity contribution is 9.10. The third-order valence-corrected chi connectivity index (χ3v) is 4.43. The van der Waals surface area contributed by atoms with Crippen LogP contribution in [-0.2, 0) is 0 Å². The van der Waals surface area contributed by atoms with Gasteiger partial charge in [-0.3, -0.25) is 0 Å². The molecule has 1 fully saturated rings. The zero-order valence-corrected chi connectivity index (χ0v) is 13.7. The van der Waals surface area contributed by atoms with Crippen molar-refractivity contribution in [3.8, 4) is 5.75 Å². The number of benzene rings is 2. The van der Waals surface area contributed by atoms with E-state index in [-0.39, 0.29) is 0 Å². The first kappa shape index (κ1) is 14.3. The zero-order valence-electron chi connectivity index (χ0n) is 12.1. The van der Waals surface area contributed by atoms with Crippen molar-refractivity contribution in [1.29, 1.82) is 0 Å². The van der Waals surface area contributed by atoms with Gasteiger partial charge in [0.05, 0.1) is 12.8 Å². The van der Waals surface area contributed by atoms with E-state index in [2.05, 4.69) is 62.1 Å². The summed E-state index contributed by atoms with van der Waals surface area (Å²) in [5.41, 5.74) is 2.48. The van der Waals surface area contributed by atoms with Crippen LogP contribution in [0.3, 0.4) is 0 Å². The Hall–Kier alpha value is -1.68. The lowest BCUT2D eigenvalue weighted by atomic mass is 10.2. The van der Waals surface area contributed by atoms with E-state index < -0.39 is 0 Å². The minimum Gasteiger partial charge on any atom is -0.495 e. The normalized spacial score (nSPS) is 15.1. The molecule has 0 saturated carbocycles. The molecule has 0 spiro atoms. The first-order valence-corrected chi connectivity index (χ1v) is 7.96. The van der Waals surface area contributed by atoms with Crippen LogP contribution in [0.4, 0.5) is 11.4 Å². The number of hydrogen-bond acceptors (Lipinski definition) is 3. The Kier molecular flexibility index (Phi) is 4.34. The van der Waals surface area contributed by atoms with Gasteiger partial charge in [-0.1, -0.05) is 28.1 Å². The third kappa shape index (κ3) is 3.16. The average Bonchev–Trinajstić information content (AvgIpc) is 2.56. The van der Waals surface area contributed by atoms with Gasteiger partial charge in [-0.2, -0.15) is 0 Å². The van der Waals surface area contributed by atoms with Gasteiger partial charge in [0, 0.05) is 36.3 Å². The largest absolute Gasteiger partial charge is 0.495 e. The van der Waals surface area contributed by atoms with E-state index in [9.17, 15) is 0 Å². The van der Waals surface area contributed by atoms with E-state index >= 15 is 0 Å². The molecule has 1 aliphatic rings. The van der Waals surface area contributed by atoms with Crippen LogP contribution in [0.2, 0.25) is 0 Å². The Bertz CT molecular complexity index is 592. The topological polar surface area (TPSA) is 15.7 Å². The molecule has 1 saturated heterocycles. The summed E-state index contributed by atoms with van der Waals surface area (Å²) in [6.45, 7) is 4.08. The molecule has 0 radical (unpaired) electrons. The Morgan fingerprint density at radius 1 is 0.857 bits per heavy atom. The number of hydrogen-bond donors (Lipinski definition) is 0. The molecule has 0 aromatic heterocycles. The molecule has 0 unspecified atom stereocenters. The molecular formula is C17H19BrN2O. The van der Waals surface area contributed by atoms with Crippen molar-refractivity contribution in [1.82, 2.24) is 0 Å². The minimum absolute atomic E-state index is 0.953. The fourth-order valence-electron chi connectivity index (χ4n) is 2.75. The summed E-state index contributed by atoms with van der Waals surface area (Å²) in [6.07, 6.45) is 0. The van der Waals surface area contributed by atoms with Crippen molar-refractivity contribution in [2.24, 2.45) is 0 Å². The van der Waals surface area contributed by atoms with Crippen LogP contribution in [0.15, 0.2) is 53.0 Å². The molecule has 2 aromatic carbocycles. The fourth-order valence-corrected chi connectivity index (χ4v) is 3.01. The number of halogens is 1. The van der Waals surface area contributed by atoms with Gasteiger partial charge in [0.25, 0.3) is 0 Å². The number of piperazine rings is 1. The highest BCUT2D eigenvalue weighted by Gasteiger charge is 2.19. The minimum atomic E-state index is 0.953. The third-order valence-electron chi connectivity index (χ3n) is 3.90. The second-order valence-electron chi connectivity index (χ2n) is 5.12. The maximum absolute atomic E-state index is 5.46. The standard InChI is InChI=1S/C17H19BrN2O/c1-21-17-5-3-2-4-16(17)20-12-10-19(11-13-20)15-8-6-14(18)7-9-15/h2-9H,10-13H2,1H3. The second kappa shape index (κ2) is 6.39. The maximum Gasteiger partial charge on any atom is 0.142 e. The van der Waals surface area contributed by atoms with Gasteiger partial charge in [0.2, 0.25) is 0 Å². The summed E-state index contributed by atoms with van der Waals surface area (Å²) in [6, 6.07) is 16.8. The Labute approximate surface area is 134 Å². The highest BCUT2D eigenvalue weighted by atomic mass is 79.9. The van der Waals surface area contributed by atoms with Gasteiger partial charge in [-0.25, -0.2) is 0 Å². The smallest absolute Gasteiger partial charge is 0.142 e. The quantitative estimate of drug-likeness (QED) is 0.840. The predicted octanol–water partition coefficient (Wildman–Crippen LogP) is 3.78. The van der Waals surface area contributed by atoms with Gasteiger partial charge in [-0.15, -0.1) is 0 Å². The van der Waals surface area contributed by atoms with Gasteiger partial charge in [0.1, 0.15) is 5.75 Å². The van der Waals surface area contributed by atoms with E-state index in [0.29, 0.717) is 0 Å². The molecule has 0 bridgehead atoms. The Balaban J connectivity index is 1.69. The van der Waals surface area contributed by atoms with Crippen LogP contribution in [0.25, 0.3) is 0 Å². The molecule has 3 rings (SSSR count). The number of nitrogens with zero attached hydrogens (tertiary/aromatic N) is 2. The van der Waals surface area contributed by atoms with E-state index in [4.69, 9.17) is 4.74 Å². The molecule has 3 nitrogen and oxygen atoms in total. The first-order valence-electron chi connectivity index (χ1n) is 7.16. The van der Waals surface area contributed by atoms with Crippen LogP contribution in [0, 0.1) is 0 Å². The Morgan fingerprint density at radius 3 is 2.14 bits per heavy atom. The number of anilines is 2. The van der Waals surface area contributed by atoms with Crippen LogP contribution < -0.4 is 14.5 Å². The molecule has 4 heteroatoms. The average molecular weight is 347 g/mol. The lowest BCUT2D eigenvalue weighted by Gasteiger charge is -2.37. The van der Waals surface area contributed by atoms with Crippen LogP contribution in [-0.4, -0.2) is 33.3 Å². The van der Waals surface area contributed by atoms with Crippen LogP contribution >= 0.6 is 15.9 Å². The van der Waals surface area contributed by atoms with E-state index in [0.717, 1.165) is 36.4 Å². The van der Waals surface area contributed by atoms with E-state index in [1.807, 2.05) is 12.1 Å². The van der Waals surface area contributed by atoms with Crippen molar-refractivity contribution in [2.45, 2.75) is 0 Å². The van der Waals surface area contributed by atoms with Gasteiger partial charge >= 0.3 is 0 Å². The molecule has 21 heavy (non-hydrogen) atoms. The molecule has 0 amide bonds. The summed E-state index contributed by atoms with van der Waals surface area (Å²) < 4.78 is 6.59. The summed E-state index contributed by atoms with van der Waals surface area (Å²) in [5.74, 6) is 0.953. The monoisotopic (exact) mass is 346 g/mol. The van der Waals surface area contributed by atoms with Crippen LogP contribution in [0.5, 0.6) is 5.75 Å². The predicted molar refractivity (Wildman–Crippen MR) is 91.6 cm³/mol. The zero-order chi connectivity index (χ0) is 14.7. The molecule has 0 N–H and O–H groups in total. The Morgan fingerprint density at radius 2 is 1.48 bits per heavy atom. The van der Waals surface area contributed by atoms with E-state index in [1.54, 1.807) is 7.11 Å².